The van der Waals surface area contributed by atoms with Gasteiger partial charge in [-0.2, -0.15) is 0 Å². The van der Waals surface area contributed by atoms with Crippen LogP contribution in [0.15, 0.2) is 0 Å². The van der Waals surface area contributed by atoms with Gasteiger partial charge >= 0.3 is 0 Å². The minimum atomic E-state index is -2.19. The molecular formula is C6H14Cl2NPS. The third kappa shape index (κ3) is 11.2. The highest BCUT2D eigenvalue weighted by Gasteiger charge is 2.04. The van der Waals surface area contributed by atoms with Gasteiger partial charge in [0.25, 0.3) is 0 Å². The van der Waals surface area contributed by atoms with E-state index in [2.05, 4.69) is 12.0 Å². The average Bonchev–Trinajstić information content (AvgIpc) is 1.85. The van der Waals surface area contributed by atoms with Crippen LogP contribution in [-0.4, -0.2) is 6.54 Å². The van der Waals surface area contributed by atoms with Crippen LogP contribution in [0.1, 0.15) is 32.6 Å². The molecule has 0 saturated carbocycles. The highest BCUT2D eigenvalue weighted by molar-refractivity contribution is 8.38. The van der Waals surface area contributed by atoms with Gasteiger partial charge in [-0.25, -0.2) is 0 Å². The van der Waals surface area contributed by atoms with E-state index in [1.165, 1.54) is 19.3 Å². The van der Waals surface area contributed by atoms with E-state index in [9.17, 15) is 0 Å². The fourth-order valence-corrected chi connectivity index (χ4v) is 1.96. The van der Waals surface area contributed by atoms with Crippen LogP contribution in [0.5, 0.6) is 0 Å². The van der Waals surface area contributed by atoms with Gasteiger partial charge < -0.3 is 0 Å². The first-order chi connectivity index (χ1) is 5.06. The Morgan fingerprint density at radius 2 is 1.91 bits per heavy atom. The maximum atomic E-state index is 5.63. The van der Waals surface area contributed by atoms with Crippen molar-refractivity contribution in [3.63, 3.8) is 0 Å². The van der Waals surface area contributed by atoms with Crippen molar-refractivity contribution in [2.45, 2.75) is 32.6 Å². The summed E-state index contributed by atoms with van der Waals surface area (Å²) in [4.78, 5) is -2.19. The maximum Gasteiger partial charge on any atom is 0.181 e. The predicted molar refractivity (Wildman–Crippen MR) is 58.1 cm³/mol. The molecule has 0 amide bonds. The number of halogens is 2. The molecule has 1 nitrogen and oxygen atoms in total. The second-order valence-electron chi connectivity index (χ2n) is 2.43. The van der Waals surface area contributed by atoms with E-state index in [4.69, 9.17) is 34.3 Å². The summed E-state index contributed by atoms with van der Waals surface area (Å²) in [6.45, 7) is 3.03. The van der Waals surface area contributed by atoms with Gasteiger partial charge in [-0.15, -0.1) is 0 Å². The molecule has 0 radical (unpaired) electrons. The van der Waals surface area contributed by atoms with E-state index >= 15 is 0 Å². The Morgan fingerprint density at radius 1 is 1.27 bits per heavy atom. The monoisotopic (exact) mass is 233 g/mol. The zero-order valence-electron chi connectivity index (χ0n) is 6.65. The highest BCUT2D eigenvalue weighted by atomic mass is 35.9. The number of nitrogens with one attached hydrogen (secondary N) is 1. The first-order valence-electron chi connectivity index (χ1n) is 3.80. The summed E-state index contributed by atoms with van der Waals surface area (Å²) < 4.78 is 0. The van der Waals surface area contributed by atoms with Crippen LogP contribution >= 0.6 is 27.4 Å². The van der Waals surface area contributed by atoms with Gasteiger partial charge in [-0.05, 0) is 18.2 Å². The quantitative estimate of drug-likeness (QED) is 0.553. The van der Waals surface area contributed by atoms with Crippen molar-refractivity contribution < 1.29 is 0 Å². The Kier molecular flexibility index (Phi) is 7.40. The molecule has 0 rings (SSSR count). The lowest BCUT2D eigenvalue weighted by Gasteiger charge is -2.06. The summed E-state index contributed by atoms with van der Waals surface area (Å²) in [7, 11) is 0. The maximum absolute atomic E-state index is 5.63. The van der Waals surface area contributed by atoms with Crippen molar-refractivity contribution in [3.8, 4) is 0 Å². The predicted octanol–water partition coefficient (Wildman–Crippen LogP) is 3.86. The minimum absolute atomic E-state index is 0.851. The molecule has 11 heavy (non-hydrogen) atoms. The van der Waals surface area contributed by atoms with Crippen molar-refractivity contribution in [3.05, 3.63) is 0 Å². The summed E-state index contributed by atoms with van der Waals surface area (Å²) in [6, 6.07) is 0. The van der Waals surface area contributed by atoms with Crippen LogP contribution in [0.3, 0.4) is 0 Å². The third-order valence-electron chi connectivity index (χ3n) is 1.33. The van der Waals surface area contributed by atoms with E-state index < -0.39 is 4.89 Å². The van der Waals surface area contributed by atoms with Gasteiger partial charge in [0.1, 0.15) is 0 Å². The zero-order chi connectivity index (χ0) is 8.74. The van der Waals surface area contributed by atoms with E-state index in [0.29, 0.717) is 0 Å². The fraction of sp³-hybridized carbons (Fsp3) is 1.00. The molecule has 68 valence electrons. The second-order valence-corrected chi connectivity index (χ2v) is 10.1. The number of hydrogen-bond acceptors (Lipinski definition) is 1. The molecule has 5 heteroatoms. The Balaban J connectivity index is 3.09. The molecule has 0 aromatic carbocycles. The van der Waals surface area contributed by atoms with Gasteiger partial charge in [-0.3, -0.25) is 5.09 Å². The third-order valence-corrected chi connectivity index (χ3v) is 3.02. The van der Waals surface area contributed by atoms with Crippen molar-refractivity contribution in [2.75, 3.05) is 6.54 Å². The zero-order valence-corrected chi connectivity index (χ0v) is 9.87. The topological polar surface area (TPSA) is 12.0 Å². The van der Waals surface area contributed by atoms with Gasteiger partial charge in [0.15, 0.2) is 4.89 Å². The molecule has 0 aliphatic rings. The van der Waals surface area contributed by atoms with Crippen molar-refractivity contribution >= 4 is 39.2 Å². The lowest BCUT2D eigenvalue weighted by Crippen LogP contribution is -2.05. The summed E-state index contributed by atoms with van der Waals surface area (Å²) in [6.07, 6.45) is 4.86. The molecule has 0 atom stereocenters. The molecule has 0 aliphatic heterocycles. The summed E-state index contributed by atoms with van der Waals surface area (Å²) in [5.41, 5.74) is 0. The highest BCUT2D eigenvalue weighted by Crippen LogP contribution is 2.52. The molecule has 0 saturated heterocycles. The summed E-state index contributed by atoms with van der Waals surface area (Å²) in [5.74, 6) is 0. The first kappa shape index (κ1) is 12.2. The van der Waals surface area contributed by atoms with Crippen LogP contribution in [0.4, 0.5) is 0 Å². The molecule has 0 aliphatic carbocycles. The average molecular weight is 234 g/mol. The van der Waals surface area contributed by atoms with Crippen LogP contribution in [0.2, 0.25) is 0 Å². The van der Waals surface area contributed by atoms with Crippen LogP contribution < -0.4 is 5.09 Å². The minimum Gasteiger partial charge on any atom is -0.265 e. The van der Waals surface area contributed by atoms with Gasteiger partial charge in [0.05, 0.1) is 0 Å². The van der Waals surface area contributed by atoms with E-state index in [1.54, 1.807) is 0 Å². The molecule has 0 bridgehead atoms. The Hall–Kier alpha value is 1.19. The Labute approximate surface area is 83.5 Å². The molecule has 1 N–H and O–H groups in total. The van der Waals surface area contributed by atoms with Gasteiger partial charge in [-0.1, -0.05) is 48.7 Å². The summed E-state index contributed by atoms with van der Waals surface area (Å²) in [5, 5.41) is 2.94. The summed E-state index contributed by atoms with van der Waals surface area (Å²) >= 11 is 16.0. The van der Waals surface area contributed by atoms with E-state index in [0.717, 1.165) is 13.0 Å². The molecule has 0 aromatic rings. The SMILES string of the molecule is CCCCCCNP(=S)(Cl)Cl. The second kappa shape index (κ2) is 6.68. The van der Waals surface area contributed by atoms with Crippen molar-refractivity contribution in [1.82, 2.24) is 5.09 Å². The van der Waals surface area contributed by atoms with E-state index in [-0.39, 0.29) is 0 Å². The van der Waals surface area contributed by atoms with Crippen molar-refractivity contribution in [2.24, 2.45) is 0 Å². The lowest BCUT2D eigenvalue weighted by atomic mass is 10.2. The largest absolute Gasteiger partial charge is 0.265 e. The number of hydrogen-bond donors (Lipinski definition) is 1. The Bertz CT molecular complexity index is 137. The lowest BCUT2D eigenvalue weighted by molar-refractivity contribution is 0.662. The molecule has 0 heterocycles. The molecule has 0 fully saturated rings. The van der Waals surface area contributed by atoms with Gasteiger partial charge in [0, 0.05) is 6.54 Å². The Morgan fingerprint density at radius 3 is 2.36 bits per heavy atom. The molecule has 0 spiro atoms. The van der Waals surface area contributed by atoms with Crippen LogP contribution in [0.25, 0.3) is 0 Å². The number of unbranched alkanes of at least 4 members (excludes halogenated alkanes) is 3. The molecular weight excluding hydrogens is 220 g/mol. The molecule has 0 unspecified atom stereocenters. The van der Waals surface area contributed by atoms with Crippen molar-refractivity contribution in [1.29, 1.82) is 0 Å². The first-order valence-corrected chi connectivity index (χ1v) is 8.42. The fourth-order valence-electron chi connectivity index (χ4n) is 0.761. The number of rotatable bonds is 6. The van der Waals surface area contributed by atoms with Crippen LogP contribution in [0, 0.1) is 0 Å². The van der Waals surface area contributed by atoms with Gasteiger partial charge in [0.2, 0.25) is 0 Å². The molecule has 0 aromatic heterocycles. The van der Waals surface area contributed by atoms with Crippen LogP contribution in [-0.2, 0) is 11.8 Å². The standard InChI is InChI=1S/C6H14Cl2NPS/c1-2-3-4-5-6-9-10(7,8)11/h2-6H2,1H3,(H,9,11). The van der Waals surface area contributed by atoms with E-state index in [1.807, 2.05) is 0 Å². The smallest absolute Gasteiger partial charge is 0.181 e. The normalized spacial score (nSPS) is 11.9.